The first-order chi connectivity index (χ1) is 22.5. The number of hydrogen-bond acceptors (Lipinski definition) is 4. The molecule has 0 radical (unpaired) electrons. The Hall–Kier alpha value is -3.40. The van der Waals surface area contributed by atoms with Gasteiger partial charge in [0.2, 0.25) is 0 Å². The Morgan fingerprint density at radius 3 is 1.92 bits per heavy atom. The Labute approximate surface area is 278 Å². The van der Waals surface area contributed by atoms with E-state index in [1.54, 1.807) is 23.1 Å². The van der Waals surface area contributed by atoms with E-state index in [1.165, 1.54) is 0 Å². The second-order valence-electron chi connectivity index (χ2n) is 11.2. The van der Waals surface area contributed by atoms with Crippen molar-refractivity contribution in [2.24, 2.45) is 0 Å². The molecule has 2 atom stereocenters. The summed E-state index contributed by atoms with van der Waals surface area (Å²) in [4.78, 5) is 1.56. The molecular weight excluding hydrogens is 741 g/mol. The van der Waals surface area contributed by atoms with Crippen molar-refractivity contribution in [2.75, 3.05) is 13.1 Å². The monoisotopic (exact) mass is 765 g/mol. The minimum absolute atomic E-state index is 0.0506. The minimum Gasteiger partial charge on any atom is -0.349 e. The van der Waals surface area contributed by atoms with Crippen LogP contribution in [0.3, 0.4) is 0 Å². The van der Waals surface area contributed by atoms with Gasteiger partial charge in [0.15, 0.2) is 9.84 Å². The number of likely N-dealkylation sites (tertiary alicyclic amines) is 1. The highest BCUT2D eigenvalue weighted by Gasteiger charge is 2.73. The van der Waals surface area contributed by atoms with Crippen molar-refractivity contribution in [3.05, 3.63) is 135 Å². The number of halogens is 10. The fourth-order valence-corrected chi connectivity index (χ4v) is 8.34. The fraction of sp³-hybridized carbons (Fsp3) is 0.273. The van der Waals surface area contributed by atoms with Gasteiger partial charge in [-0.25, -0.2) is 21.6 Å². The summed E-state index contributed by atoms with van der Waals surface area (Å²) in [5, 5.41) is -1.22. The zero-order valence-corrected chi connectivity index (χ0v) is 26.9. The van der Waals surface area contributed by atoms with Gasteiger partial charge >= 0.3 is 12.4 Å². The van der Waals surface area contributed by atoms with E-state index in [0.29, 0.717) is 30.8 Å². The standard InChI is InChI=1S/C33H25BrF9NO3S/c34-26-15-23(13-14-29(26)37)48(45,46)30-18-44(16-20-5-2-1-3-6-20)17-24(30)21-9-11-22(12-10-21)31(32(38,39)40,33(41,42)43)47-19-25-27(35)7-4-8-28(25)36/h1-15,24,30H,16-19H2/t24-,30+/m1/s1. The van der Waals surface area contributed by atoms with Gasteiger partial charge in [-0.3, -0.25) is 4.90 Å². The first kappa shape index (κ1) is 35.9. The lowest BCUT2D eigenvalue weighted by Crippen LogP contribution is -2.55. The number of sulfone groups is 1. The van der Waals surface area contributed by atoms with Gasteiger partial charge in [0, 0.05) is 36.7 Å². The summed E-state index contributed by atoms with van der Waals surface area (Å²) in [6, 6.07) is 17.2. The van der Waals surface area contributed by atoms with Crippen molar-refractivity contribution < 1.29 is 52.7 Å². The number of hydrogen-bond donors (Lipinski definition) is 0. The molecule has 5 rings (SSSR count). The van der Waals surface area contributed by atoms with Crippen LogP contribution in [0.2, 0.25) is 0 Å². The zero-order chi connectivity index (χ0) is 35.1. The number of rotatable bonds is 9. The largest absolute Gasteiger partial charge is 0.430 e. The third-order valence-corrected chi connectivity index (χ3v) is 11.0. The van der Waals surface area contributed by atoms with E-state index in [9.17, 15) is 47.9 Å². The van der Waals surface area contributed by atoms with Crippen molar-refractivity contribution >= 4 is 25.8 Å². The Bertz CT molecular complexity index is 1830. The van der Waals surface area contributed by atoms with Crippen molar-refractivity contribution in [1.29, 1.82) is 0 Å². The number of ether oxygens (including phenoxy) is 1. The molecule has 256 valence electrons. The number of benzene rings is 4. The highest BCUT2D eigenvalue weighted by Crippen LogP contribution is 2.53. The normalized spacial score (nSPS) is 18.0. The fourth-order valence-electron chi connectivity index (χ4n) is 5.84. The summed E-state index contributed by atoms with van der Waals surface area (Å²) >= 11 is 2.97. The van der Waals surface area contributed by atoms with E-state index in [4.69, 9.17) is 0 Å². The third kappa shape index (κ3) is 6.87. The summed E-state index contributed by atoms with van der Waals surface area (Å²) in [6.45, 7) is -1.40. The molecule has 0 saturated carbocycles. The van der Waals surface area contributed by atoms with Crippen molar-refractivity contribution in [2.45, 2.75) is 47.2 Å². The van der Waals surface area contributed by atoms with Gasteiger partial charge in [-0.05, 0) is 57.4 Å². The van der Waals surface area contributed by atoms with Crippen LogP contribution in [-0.4, -0.2) is 44.0 Å². The quantitative estimate of drug-likeness (QED) is 0.126. The molecule has 1 saturated heterocycles. The Balaban J connectivity index is 1.54. The van der Waals surface area contributed by atoms with Gasteiger partial charge in [0.25, 0.3) is 5.60 Å². The molecule has 0 unspecified atom stereocenters. The van der Waals surface area contributed by atoms with Gasteiger partial charge in [0.05, 0.1) is 21.2 Å². The van der Waals surface area contributed by atoms with E-state index < -0.39 is 74.1 Å². The molecule has 1 aliphatic heterocycles. The van der Waals surface area contributed by atoms with Gasteiger partial charge in [-0.2, -0.15) is 26.3 Å². The lowest BCUT2D eigenvalue weighted by atomic mass is 9.88. The maximum absolute atomic E-state index is 14.4. The molecule has 15 heteroatoms. The van der Waals surface area contributed by atoms with E-state index in [-0.39, 0.29) is 28.0 Å². The molecule has 48 heavy (non-hydrogen) atoms. The van der Waals surface area contributed by atoms with Crippen LogP contribution in [0, 0.1) is 17.5 Å². The number of alkyl halides is 6. The molecule has 0 N–H and O–H groups in total. The first-order valence-corrected chi connectivity index (χ1v) is 16.6. The SMILES string of the molecule is O=S(=O)(c1ccc(F)c(Br)c1)[C@H]1CN(Cc2ccccc2)C[C@@H]1c1ccc(C(OCc2c(F)cccc2F)(C(F)(F)F)C(F)(F)F)cc1. The molecule has 0 spiro atoms. The van der Waals surface area contributed by atoms with Gasteiger partial charge in [-0.15, -0.1) is 0 Å². The molecule has 1 fully saturated rings. The zero-order valence-electron chi connectivity index (χ0n) is 24.5. The Kier molecular flexibility index (Phi) is 10.1. The van der Waals surface area contributed by atoms with E-state index >= 15 is 0 Å². The van der Waals surface area contributed by atoms with Crippen LogP contribution in [0.25, 0.3) is 0 Å². The topological polar surface area (TPSA) is 46.6 Å². The van der Waals surface area contributed by atoms with Crippen LogP contribution in [0.4, 0.5) is 39.5 Å². The maximum Gasteiger partial charge on any atom is 0.430 e. The van der Waals surface area contributed by atoms with E-state index in [0.717, 1.165) is 42.0 Å². The average Bonchev–Trinajstić information content (AvgIpc) is 3.44. The molecule has 4 aromatic carbocycles. The Morgan fingerprint density at radius 1 is 0.750 bits per heavy atom. The van der Waals surface area contributed by atoms with Gasteiger partial charge in [0.1, 0.15) is 17.5 Å². The first-order valence-electron chi connectivity index (χ1n) is 14.2. The van der Waals surface area contributed by atoms with Crippen molar-refractivity contribution in [3.8, 4) is 0 Å². The van der Waals surface area contributed by atoms with E-state index in [1.807, 2.05) is 12.1 Å². The molecule has 0 amide bonds. The maximum atomic E-state index is 14.4. The van der Waals surface area contributed by atoms with Crippen LogP contribution in [-0.2, 0) is 33.3 Å². The molecule has 0 bridgehead atoms. The summed E-state index contributed by atoms with van der Waals surface area (Å²) in [5.74, 6) is -4.44. The third-order valence-electron chi connectivity index (χ3n) is 8.25. The molecule has 4 nitrogen and oxygen atoms in total. The van der Waals surface area contributed by atoms with Crippen molar-refractivity contribution in [3.63, 3.8) is 0 Å². The molecular formula is C33H25BrF9NO3S. The predicted molar refractivity (Wildman–Crippen MR) is 161 cm³/mol. The molecule has 0 aromatic heterocycles. The summed E-state index contributed by atoms with van der Waals surface area (Å²) in [7, 11) is -4.23. The minimum atomic E-state index is -6.14. The second kappa shape index (κ2) is 13.5. The van der Waals surface area contributed by atoms with Crippen LogP contribution in [0.5, 0.6) is 0 Å². The second-order valence-corrected chi connectivity index (χ2v) is 14.3. The van der Waals surface area contributed by atoms with Crippen LogP contribution >= 0.6 is 15.9 Å². The van der Waals surface area contributed by atoms with Gasteiger partial charge in [-0.1, -0.05) is 60.7 Å². The van der Waals surface area contributed by atoms with E-state index in [2.05, 4.69) is 20.7 Å². The summed E-state index contributed by atoms with van der Waals surface area (Å²) in [5.41, 5.74) is -6.60. The average molecular weight is 767 g/mol. The van der Waals surface area contributed by atoms with Crippen LogP contribution in [0.15, 0.2) is 100 Å². The van der Waals surface area contributed by atoms with Crippen LogP contribution in [0.1, 0.15) is 28.2 Å². The molecule has 1 aliphatic rings. The summed E-state index contributed by atoms with van der Waals surface area (Å²) < 4.78 is 161. The highest BCUT2D eigenvalue weighted by molar-refractivity contribution is 9.10. The lowest BCUT2D eigenvalue weighted by Gasteiger charge is -2.37. The summed E-state index contributed by atoms with van der Waals surface area (Å²) in [6.07, 6.45) is -12.3. The molecule has 4 aromatic rings. The highest BCUT2D eigenvalue weighted by atomic mass is 79.9. The smallest absolute Gasteiger partial charge is 0.349 e. The number of nitrogens with zero attached hydrogens (tertiary/aromatic N) is 1. The molecule has 1 heterocycles. The lowest BCUT2D eigenvalue weighted by molar-refractivity contribution is -0.392. The molecule has 0 aliphatic carbocycles. The Morgan fingerprint density at radius 2 is 1.35 bits per heavy atom. The predicted octanol–water partition coefficient (Wildman–Crippen LogP) is 8.85. The van der Waals surface area contributed by atoms with Crippen molar-refractivity contribution in [1.82, 2.24) is 4.90 Å². The van der Waals surface area contributed by atoms with Crippen LogP contribution < -0.4 is 0 Å². The van der Waals surface area contributed by atoms with Gasteiger partial charge < -0.3 is 4.74 Å².